The number of carboxylic acid groups (broad SMARTS) is 1. The summed E-state index contributed by atoms with van der Waals surface area (Å²) in [6.45, 7) is 3.88. The van der Waals surface area contributed by atoms with Gasteiger partial charge in [-0.1, -0.05) is 36.9 Å². The van der Waals surface area contributed by atoms with Crippen LogP contribution in [-0.2, 0) is 4.79 Å². The third-order valence-corrected chi connectivity index (χ3v) is 4.50. The summed E-state index contributed by atoms with van der Waals surface area (Å²) in [7, 11) is 3.84. The number of hydrogen-bond acceptors (Lipinski definition) is 7. The fraction of sp³-hybridized carbons (Fsp3) is 0.727. The van der Waals surface area contributed by atoms with Crippen molar-refractivity contribution in [1.82, 2.24) is 15.5 Å². The highest BCUT2D eigenvalue weighted by Gasteiger charge is 2.18. The summed E-state index contributed by atoms with van der Waals surface area (Å²) in [6, 6.07) is -0.346. The molecule has 2 N–H and O–H groups in total. The van der Waals surface area contributed by atoms with Crippen molar-refractivity contribution in [3.8, 4) is 0 Å². The Balaban J connectivity index is 2.40. The van der Waals surface area contributed by atoms with Crippen LogP contribution in [0.5, 0.6) is 0 Å². The fourth-order valence-electron chi connectivity index (χ4n) is 1.39. The third-order valence-electron chi connectivity index (χ3n) is 2.24. The monoisotopic (exact) mass is 304 g/mol. The van der Waals surface area contributed by atoms with Gasteiger partial charge in [0.05, 0.1) is 0 Å². The second kappa shape index (κ2) is 7.66. The first-order valence-electron chi connectivity index (χ1n) is 6.02. The Kier molecular flexibility index (Phi) is 6.53. The molecule has 0 amide bonds. The van der Waals surface area contributed by atoms with E-state index in [0.29, 0.717) is 12.2 Å². The van der Waals surface area contributed by atoms with E-state index in [9.17, 15) is 4.79 Å². The molecule has 1 atom stereocenters. The van der Waals surface area contributed by atoms with Crippen LogP contribution in [0.4, 0.5) is 5.13 Å². The van der Waals surface area contributed by atoms with Crippen LogP contribution < -0.4 is 10.2 Å². The maximum Gasteiger partial charge on any atom is 0.320 e. The van der Waals surface area contributed by atoms with Gasteiger partial charge in [-0.3, -0.25) is 4.79 Å². The van der Waals surface area contributed by atoms with Crippen LogP contribution in [0.15, 0.2) is 4.34 Å². The topological polar surface area (TPSA) is 78.4 Å². The predicted octanol–water partition coefficient (Wildman–Crippen LogP) is 1.54. The van der Waals surface area contributed by atoms with Crippen LogP contribution >= 0.6 is 23.1 Å². The van der Waals surface area contributed by atoms with Gasteiger partial charge < -0.3 is 15.3 Å². The summed E-state index contributed by atoms with van der Waals surface area (Å²) in [6.07, 6.45) is 0.565. The Morgan fingerprint density at radius 2 is 2.16 bits per heavy atom. The molecule has 1 heterocycles. The molecule has 0 saturated carbocycles. The lowest BCUT2D eigenvalue weighted by molar-refractivity contribution is -0.139. The zero-order chi connectivity index (χ0) is 14.4. The molecule has 0 aliphatic heterocycles. The summed E-state index contributed by atoms with van der Waals surface area (Å²) in [5.41, 5.74) is 0. The van der Waals surface area contributed by atoms with Gasteiger partial charge in [0.2, 0.25) is 5.13 Å². The van der Waals surface area contributed by atoms with E-state index in [1.165, 1.54) is 11.3 Å². The number of thioether (sulfide) groups is 1. The van der Waals surface area contributed by atoms with E-state index in [2.05, 4.69) is 15.5 Å². The van der Waals surface area contributed by atoms with Crippen molar-refractivity contribution in [3.63, 3.8) is 0 Å². The summed E-state index contributed by atoms with van der Waals surface area (Å²) < 4.78 is 0.873. The minimum atomic E-state index is -0.805. The molecule has 0 aliphatic rings. The normalized spacial score (nSPS) is 12.7. The summed E-state index contributed by atoms with van der Waals surface area (Å²) in [5, 5.41) is 21.1. The van der Waals surface area contributed by atoms with Gasteiger partial charge in [0.1, 0.15) is 6.04 Å². The molecule has 8 heteroatoms. The molecule has 6 nitrogen and oxygen atoms in total. The van der Waals surface area contributed by atoms with Gasteiger partial charge in [-0.05, 0) is 6.42 Å². The van der Waals surface area contributed by atoms with Crippen molar-refractivity contribution < 1.29 is 9.90 Å². The maximum atomic E-state index is 11.1. The molecule has 1 aromatic heterocycles. The van der Waals surface area contributed by atoms with Gasteiger partial charge in [0.25, 0.3) is 0 Å². The largest absolute Gasteiger partial charge is 0.480 e. The lowest BCUT2D eigenvalue weighted by Crippen LogP contribution is -2.41. The first kappa shape index (κ1) is 16.2. The molecule has 19 heavy (non-hydrogen) atoms. The Labute approximate surface area is 121 Å². The van der Waals surface area contributed by atoms with Crippen molar-refractivity contribution in [1.29, 1.82) is 0 Å². The average molecular weight is 304 g/mol. The molecule has 0 fully saturated rings. The summed E-state index contributed by atoms with van der Waals surface area (Å²) in [4.78, 5) is 13.0. The Hall–Kier alpha value is -0.860. The van der Waals surface area contributed by atoms with E-state index in [4.69, 9.17) is 5.11 Å². The van der Waals surface area contributed by atoms with E-state index in [1.807, 2.05) is 32.8 Å². The first-order chi connectivity index (χ1) is 8.90. The highest BCUT2D eigenvalue weighted by molar-refractivity contribution is 8.01. The van der Waals surface area contributed by atoms with Gasteiger partial charge in [0, 0.05) is 25.9 Å². The molecular weight excluding hydrogens is 284 g/mol. The van der Waals surface area contributed by atoms with Gasteiger partial charge >= 0.3 is 5.97 Å². The smallest absolute Gasteiger partial charge is 0.320 e. The number of carbonyl (C=O) groups is 1. The molecule has 0 saturated heterocycles. The van der Waals surface area contributed by atoms with E-state index < -0.39 is 12.0 Å². The lowest BCUT2D eigenvalue weighted by Gasteiger charge is -2.16. The van der Waals surface area contributed by atoms with E-state index in [0.717, 1.165) is 9.47 Å². The molecular formula is C11H20N4O2S2. The zero-order valence-electron chi connectivity index (χ0n) is 11.6. The van der Waals surface area contributed by atoms with Crippen LogP contribution in [-0.4, -0.2) is 53.2 Å². The SMILES string of the molecule is CC(C)NC(CCSc1nnc(N(C)C)s1)C(=O)O. The van der Waals surface area contributed by atoms with Gasteiger partial charge in [-0.25, -0.2) is 0 Å². The summed E-state index contributed by atoms with van der Waals surface area (Å²) >= 11 is 3.06. The third kappa shape index (κ3) is 5.75. The lowest BCUT2D eigenvalue weighted by atomic mass is 10.2. The molecule has 0 aromatic carbocycles. The second-order valence-corrected chi connectivity index (χ2v) is 6.89. The summed E-state index contributed by atoms with van der Waals surface area (Å²) in [5.74, 6) is -0.0980. The van der Waals surface area contributed by atoms with Crippen molar-refractivity contribution >= 4 is 34.2 Å². The van der Waals surface area contributed by atoms with Gasteiger partial charge in [-0.2, -0.15) is 0 Å². The average Bonchev–Trinajstić information content (AvgIpc) is 2.75. The van der Waals surface area contributed by atoms with E-state index >= 15 is 0 Å². The molecule has 108 valence electrons. The molecule has 1 unspecified atom stereocenters. The van der Waals surface area contributed by atoms with Crippen molar-refractivity contribution in [2.75, 3.05) is 24.7 Å². The number of aliphatic carboxylic acids is 1. The molecule has 0 aliphatic carbocycles. The molecule has 0 bridgehead atoms. The highest BCUT2D eigenvalue weighted by atomic mass is 32.2. The van der Waals surface area contributed by atoms with Gasteiger partial charge in [-0.15, -0.1) is 10.2 Å². The molecule has 0 spiro atoms. The molecule has 0 radical (unpaired) electrons. The minimum absolute atomic E-state index is 0.160. The number of nitrogens with one attached hydrogen (secondary N) is 1. The minimum Gasteiger partial charge on any atom is -0.480 e. The van der Waals surface area contributed by atoms with Crippen LogP contribution in [0.2, 0.25) is 0 Å². The fourth-order valence-corrected chi connectivity index (χ4v) is 3.22. The van der Waals surface area contributed by atoms with Crippen molar-refractivity contribution in [2.24, 2.45) is 0 Å². The number of anilines is 1. The number of nitrogens with zero attached hydrogens (tertiary/aromatic N) is 3. The van der Waals surface area contributed by atoms with Crippen molar-refractivity contribution in [3.05, 3.63) is 0 Å². The van der Waals surface area contributed by atoms with Gasteiger partial charge in [0.15, 0.2) is 4.34 Å². The number of hydrogen-bond donors (Lipinski definition) is 2. The van der Waals surface area contributed by atoms with Crippen LogP contribution in [0, 0.1) is 0 Å². The van der Waals surface area contributed by atoms with E-state index in [-0.39, 0.29) is 6.04 Å². The zero-order valence-corrected chi connectivity index (χ0v) is 13.2. The highest BCUT2D eigenvalue weighted by Crippen LogP contribution is 2.27. The number of carboxylic acids is 1. The second-order valence-electron chi connectivity index (χ2n) is 4.59. The first-order valence-corrected chi connectivity index (χ1v) is 7.83. The quantitative estimate of drug-likeness (QED) is 0.705. The number of rotatable bonds is 8. The van der Waals surface area contributed by atoms with Crippen LogP contribution in [0.25, 0.3) is 0 Å². The Bertz CT molecular complexity index is 409. The standard InChI is InChI=1S/C11H20N4O2S2/c1-7(2)12-8(9(16)17)5-6-18-11-14-13-10(19-11)15(3)4/h7-8,12H,5-6H2,1-4H3,(H,16,17). The molecule has 1 aromatic rings. The van der Waals surface area contributed by atoms with E-state index in [1.54, 1.807) is 11.8 Å². The Morgan fingerprint density at radius 3 is 2.63 bits per heavy atom. The molecule has 1 rings (SSSR count). The Morgan fingerprint density at radius 1 is 1.47 bits per heavy atom. The number of aromatic nitrogens is 2. The maximum absolute atomic E-state index is 11.1. The van der Waals surface area contributed by atoms with Crippen molar-refractivity contribution in [2.45, 2.75) is 36.7 Å². The van der Waals surface area contributed by atoms with Crippen LogP contribution in [0.1, 0.15) is 20.3 Å². The predicted molar refractivity (Wildman–Crippen MR) is 79.3 cm³/mol. The van der Waals surface area contributed by atoms with Crippen LogP contribution in [0.3, 0.4) is 0 Å².